The minimum absolute atomic E-state index is 0.240. The van der Waals surface area contributed by atoms with Crippen molar-refractivity contribution in [3.8, 4) is 0 Å². The van der Waals surface area contributed by atoms with Crippen LogP contribution in [0.4, 0.5) is 0 Å². The average molecular weight is 425 g/mol. The number of ether oxygens (including phenoxy) is 1. The summed E-state index contributed by atoms with van der Waals surface area (Å²) >= 11 is 0. The van der Waals surface area contributed by atoms with E-state index in [2.05, 4.69) is 16.0 Å². The van der Waals surface area contributed by atoms with E-state index in [9.17, 15) is 19.2 Å². The van der Waals surface area contributed by atoms with Crippen LogP contribution in [0, 0.1) is 0 Å². The number of hydrogen-bond acceptors (Lipinski definition) is 5. The Morgan fingerprint density at radius 2 is 1.42 bits per heavy atom. The minimum Gasteiger partial charge on any atom is -0.467 e. The molecule has 8 nitrogen and oxygen atoms in total. The summed E-state index contributed by atoms with van der Waals surface area (Å²) in [5.41, 5.74) is 1.73. The number of hydrogen-bond donors (Lipinski definition) is 3. The highest BCUT2D eigenvalue weighted by atomic mass is 16.5. The molecule has 0 saturated carbocycles. The fraction of sp³-hybridized carbons (Fsp3) is 0.304. The number of rotatable bonds is 10. The molecule has 3 N–H and O–H groups in total. The molecule has 2 aromatic rings. The molecule has 1 unspecified atom stereocenters. The van der Waals surface area contributed by atoms with E-state index in [1.807, 2.05) is 60.7 Å². The summed E-state index contributed by atoms with van der Waals surface area (Å²) in [5.74, 6) is -2.09. The van der Waals surface area contributed by atoms with E-state index >= 15 is 0 Å². The molecule has 0 fully saturated rings. The Morgan fingerprint density at radius 1 is 0.839 bits per heavy atom. The van der Waals surface area contributed by atoms with E-state index < -0.39 is 35.8 Å². The first-order valence-electron chi connectivity index (χ1n) is 9.89. The van der Waals surface area contributed by atoms with Crippen molar-refractivity contribution in [2.45, 2.75) is 38.4 Å². The van der Waals surface area contributed by atoms with Crippen LogP contribution in [0.25, 0.3) is 0 Å². The quantitative estimate of drug-likeness (QED) is 0.493. The summed E-state index contributed by atoms with van der Waals surface area (Å²) in [7, 11) is 1.24. The van der Waals surface area contributed by atoms with E-state index in [0.29, 0.717) is 0 Å². The van der Waals surface area contributed by atoms with E-state index in [1.165, 1.54) is 14.0 Å². The summed E-state index contributed by atoms with van der Waals surface area (Å²) in [4.78, 5) is 48.8. The van der Waals surface area contributed by atoms with Gasteiger partial charge in [-0.15, -0.1) is 0 Å². The van der Waals surface area contributed by atoms with Crippen molar-refractivity contribution >= 4 is 23.7 Å². The summed E-state index contributed by atoms with van der Waals surface area (Å²) in [6, 6.07) is 16.4. The van der Waals surface area contributed by atoms with Crippen LogP contribution in [0.15, 0.2) is 60.7 Å². The number of nitrogens with one attached hydrogen (secondary N) is 3. The Labute approximate surface area is 181 Å². The molecule has 0 heterocycles. The Bertz CT molecular complexity index is 887. The zero-order valence-electron chi connectivity index (χ0n) is 17.6. The van der Waals surface area contributed by atoms with Crippen LogP contribution >= 0.6 is 0 Å². The molecular weight excluding hydrogens is 398 g/mol. The number of esters is 1. The van der Waals surface area contributed by atoms with Gasteiger partial charge in [0.1, 0.15) is 12.1 Å². The SMILES string of the molecule is COC(=O)[C@H](Cc1ccccc1)NC(=O)CC(NC(C)=O)C(=O)NCc1ccccc1. The topological polar surface area (TPSA) is 114 Å². The summed E-state index contributed by atoms with van der Waals surface area (Å²) in [6.07, 6.45) is -0.0766. The number of benzene rings is 2. The van der Waals surface area contributed by atoms with Gasteiger partial charge in [-0.05, 0) is 11.1 Å². The second-order valence-electron chi connectivity index (χ2n) is 6.99. The molecular formula is C23H27N3O5. The van der Waals surface area contributed by atoms with Crippen molar-refractivity contribution < 1.29 is 23.9 Å². The lowest BCUT2D eigenvalue weighted by molar-refractivity contribution is -0.145. The fourth-order valence-corrected chi connectivity index (χ4v) is 2.99. The van der Waals surface area contributed by atoms with Gasteiger partial charge in [-0.3, -0.25) is 14.4 Å². The van der Waals surface area contributed by atoms with E-state index in [-0.39, 0.29) is 19.4 Å². The molecule has 0 aromatic heterocycles. The Kier molecular flexibility index (Phi) is 9.22. The van der Waals surface area contributed by atoms with Crippen molar-refractivity contribution in [2.24, 2.45) is 0 Å². The van der Waals surface area contributed by atoms with Crippen LogP contribution in [0.3, 0.4) is 0 Å². The normalized spacial score (nSPS) is 12.2. The molecule has 0 aliphatic carbocycles. The maximum Gasteiger partial charge on any atom is 0.328 e. The minimum atomic E-state index is -1.07. The van der Waals surface area contributed by atoms with Crippen molar-refractivity contribution in [1.82, 2.24) is 16.0 Å². The van der Waals surface area contributed by atoms with Crippen LogP contribution in [-0.4, -0.2) is 42.9 Å². The molecule has 164 valence electrons. The van der Waals surface area contributed by atoms with Gasteiger partial charge in [0.05, 0.1) is 13.5 Å². The van der Waals surface area contributed by atoms with Crippen LogP contribution in [0.5, 0.6) is 0 Å². The van der Waals surface area contributed by atoms with Crippen LogP contribution in [-0.2, 0) is 36.9 Å². The molecule has 0 spiro atoms. The number of methoxy groups -OCH3 is 1. The maximum absolute atomic E-state index is 12.6. The van der Waals surface area contributed by atoms with Crippen molar-refractivity contribution in [2.75, 3.05) is 7.11 Å². The van der Waals surface area contributed by atoms with Gasteiger partial charge < -0.3 is 20.7 Å². The molecule has 3 amide bonds. The third kappa shape index (κ3) is 8.30. The molecule has 2 rings (SSSR count). The van der Waals surface area contributed by atoms with Crippen LogP contribution < -0.4 is 16.0 Å². The average Bonchev–Trinajstić information content (AvgIpc) is 2.77. The zero-order chi connectivity index (χ0) is 22.6. The fourth-order valence-electron chi connectivity index (χ4n) is 2.99. The van der Waals surface area contributed by atoms with Crippen molar-refractivity contribution in [1.29, 1.82) is 0 Å². The lowest BCUT2D eigenvalue weighted by Crippen LogP contribution is -2.50. The number of amides is 3. The number of carbonyl (C=O) groups is 4. The predicted octanol–water partition coefficient (Wildman–Crippen LogP) is 1.10. The van der Waals surface area contributed by atoms with Crippen LogP contribution in [0.1, 0.15) is 24.5 Å². The van der Waals surface area contributed by atoms with Gasteiger partial charge in [0.25, 0.3) is 0 Å². The van der Waals surface area contributed by atoms with E-state index in [4.69, 9.17) is 4.74 Å². The highest BCUT2D eigenvalue weighted by Gasteiger charge is 2.27. The zero-order valence-corrected chi connectivity index (χ0v) is 17.6. The Balaban J connectivity index is 2.00. The highest BCUT2D eigenvalue weighted by molar-refractivity contribution is 5.92. The smallest absolute Gasteiger partial charge is 0.328 e. The van der Waals surface area contributed by atoms with Gasteiger partial charge in [0, 0.05) is 19.9 Å². The molecule has 31 heavy (non-hydrogen) atoms. The largest absolute Gasteiger partial charge is 0.467 e. The van der Waals surface area contributed by atoms with Crippen molar-refractivity contribution in [3.63, 3.8) is 0 Å². The van der Waals surface area contributed by atoms with Gasteiger partial charge in [-0.2, -0.15) is 0 Å². The second kappa shape index (κ2) is 12.1. The second-order valence-corrected chi connectivity index (χ2v) is 6.99. The van der Waals surface area contributed by atoms with Gasteiger partial charge in [-0.25, -0.2) is 4.79 Å². The van der Waals surface area contributed by atoms with Gasteiger partial charge >= 0.3 is 5.97 Å². The predicted molar refractivity (Wildman–Crippen MR) is 115 cm³/mol. The summed E-state index contributed by atoms with van der Waals surface area (Å²) < 4.78 is 4.79. The monoisotopic (exact) mass is 425 g/mol. The third-order valence-corrected chi connectivity index (χ3v) is 4.50. The molecule has 8 heteroatoms. The molecule has 2 atom stereocenters. The molecule has 0 radical (unpaired) electrons. The molecule has 0 aliphatic rings. The lowest BCUT2D eigenvalue weighted by Gasteiger charge is -2.20. The summed E-state index contributed by atoms with van der Waals surface area (Å²) in [5, 5.41) is 7.80. The lowest BCUT2D eigenvalue weighted by atomic mass is 10.1. The van der Waals surface area contributed by atoms with Gasteiger partial charge in [0.2, 0.25) is 17.7 Å². The van der Waals surface area contributed by atoms with Gasteiger partial charge in [0.15, 0.2) is 0 Å². The van der Waals surface area contributed by atoms with E-state index in [0.717, 1.165) is 11.1 Å². The first kappa shape index (κ1) is 23.6. The Hall–Kier alpha value is -3.68. The first-order valence-corrected chi connectivity index (χ1v) is 9.89. The van der Waals surface area contributed by atoms with Crippen LogP contribution in [0.2, 0.25) is 0 Å². The first-order chi connectivity index (χ1) is 14.9. The van der Waals surface area contributed by atoms with Gasteiger partial charge in [-0.1, -0.05) is 60.7 Å². The Morgan fingerprint density at radius 3 is 1.97 bits per heavy atom. The summed E-state index contributed by atoms with van der Waals surface area (Å²) in [6.45, 7) is 1.53. The molecule has 0 aliphatic heterocycles. The highest BCUT2D eigenvalue weighted by Crippen LogP contribution is 2.06. The molecule has 0 bridgehead atoms. The number of carbonyl (C=O) groups excluding carboxylic acids is 4. The molecule has 2 aromatic carbocycles. The van der Waals surface area contributed by atoms with E-state index in [1.54, 1.807) is 0 Å². The molecule has 0 saturated heterocycles. The third-order valence-electron chi connectivity index (χ3n) is 4.50. The maximum atomic E-state index is 12.6. The van der Waals surface area contributed by atoms with Crippen molar-refractivity contribution in [3.05, 3.63) is 71.8 Å². The standard InChI is InChI=1S/C23H27N3O5/c1-16(27)25-19(22(29)24-15-18-11-7-4-8-12-18)14-21(28)26-20(23(30)31-2)13-17-9-5-3-6-10-17/h3-12,19-20H,13-15H2,1-2H3,(H,24,29)(H,25,27)(H,26,28)/t19?,20-/m0/s1.